The van der Waals surface area contributed by atoms with E-state index in [4.69, 9.17) is 0 Å². The molecular weight excluding hydrogens is 340 g/mol. The summed E-state index contributed by atoms with van der Waals surface area (Å²) in [7, 11) is 0. The number of ether oxygens (including phenoxy) is 1. The lowest BCUT2D eigenvalue weighted by molar-refractivity contribution is -0.144. The number of hydrogen-bond acceptors (Lipinski definition) is 4. The number of carbonyl (C=O) groups excluding carboxylic acids is 2. The largest absolute Gasteiger partial charge is 0.463 e. The highest BCUT2D eigenvalue weighted by atomic mass is 16.5. The highest BCUT2D eigenvalue weighted by molar-refractivity contribution is 5.89. The summed E-state index contributed by atoms with van der Waals surface area (Å²) < 4.78 is 4.67. The molecule has 0 aromatic heterocycles. The first-order valence-electron chi connectivity index (χ1n) is 11.1. The molecule has 1 atom stereocenters. The topological polar surface area (TPSA) is 63.6 Å². The van der Waals surface area contributed by atoms with Gasteiger partial charge in [-0.05, 0) is 18.9 Å². The first-order valence-corrected chi connectivity index (χ1v) is 11.1. The molecule has 4 nitrogen and oxygen atoms in total. The van der Waals surface area contributed by atoms with Crippen molar-refractivity contribution in [2.24, 2.45) is 0 Å². The maximum atomic E-state index is 11.6. The van der Waals surface area contributed by atoms with Crippen molar-refractivity contribution in [3.05, 3.63) is 12.2 Å². The summed E-state index contributed by atoms with van der Waals surface area (Å²) >= 11 is 0. The second-order valence-corrected chi connectivity index (χ2v) is 7.56. The van der Waals surface area contributed by atoms with Crippen LogP contribution in [0.15, 0.2) is 12.2 Å². The Labute approximate surface area is 166 Å². The van der Waals surface area contributed by atoms with Crippen LogP contribution in [0.2, 0.25) is 0 Å². The molecule has 4 heteroatoms. The number of allylic oxidation sites excluding steroid dienone is 2. The van der Waals surface area contributed by atoms with Crippen LogP contribution in [0.4, 0.5) is 0 Å². The van der Waals surface area contributed by atoms with Gasteiger partial charge in [-0.15, -0.1) is 0 Å². The smallest absolute Gasteiger partial charge is 0.302 e. The molecule has 0 amide bonds. The van der Waals surface area contributed by atoms with Gasteiger partial charge in [-0.1, -0.05) is 90.0 Å². The van der Waals surface area contributed by atoms with Gasteiger partial charge >= 0.3 is 5.97 Å². The Morgan fingerprint density at radius 3 is 1.81 bits per heavy atom. The van der Waals surface area contributed by atoms with Gasteiger partial charge in [0.15, 0.2) is 5.78 Å². The molecule has 0 bridgehead atoms. The minimum Gasteiger partial charge on any atom is -0.463 e. The number of unbranched alkanes of at least 4 members (excludes halogenated alkanes) is 13. The van der Waals surface area contributed by atoms with Crippen LogP contribution in [0.5, 0.6) is 0 Å². The fraction of sp³-hybridized carbons (Fsp3) is 0.826. The summed E-state index contributed by atoms with van der Waals surface area (Å²) in [4.78, 5) is 22.3. The number of aliphatic hydroxyl groups excluding tert-OH is 1. The first-order chi connectivity index (χ1) is 13.1. The van der Waals surface area contributed by atoms with Crippen LogP contribution < -0.4 is 0 Å². The Morgan fingerprint density at radius 2 is 1.33 bits per heavy atom. The van der Waals surface area contributed by atoms with Gasteiger partial charge in [0.25, 0.3) is 0 Å². The Bertz CT molecular complexity index is 390. The molecule has 0 saturated heterocycles. The van der Waals surface area contributed by atoms with Crippen molar-refractivity contribution in [1.82, 2.24) is 0 Å². The Morgan fingerprint density at radius 1 is 0.852 bits per heavy atom. The SMILES string of the molecule is CCCCCCCCCCCCCCCC=CC(=O)CC(O)COC(C)=O. The van der Waals surface area contributed by atoms with Gasteiger partial charge < -0.3 is 9.84 Å². The lowest BCUT2D eigenvalue weighted by Crippen LogP contribution is -2.20. The molecule has 0 fully saturated rings. The van der Waals surface area contributed by atoms with E-state index in [9.17, 15) is 14.7 Å². The summed E-state index contributed by atoms with van der Waals surface area (Å²) in [6.45, 7) is 3.43. The predicted molar refractivity (Wildman–Crippen MR) is 112 cm³/mol. The molecule has 0 spiro atoms. The molecule has 1 unspecified atom stereocenters. The maximum Gasteiger partial charge on any atom is 0.302 e. The van der Waals surface area contributed by atoms with Crippen molar-refractivity contribution in [1.29, 1.82) is 0 Å². The average Bonchev–Trinajstić information content (AvgIpc) is 2.63. The summed E-state index contributed by atoms with van der Waals surface area (Å²) in [6, 6.07) is 0. The zero-order chi connectivity index (χ0) is 20.2. The van der Waals surface area contributed by atoms with Gasteiger partial charge in [0.05, 0.1) is 6.10 Å². The van der Waals surface area contributed by atoms with Gasteiger partial charge in [-0.2, -0.15) is 0 Å². The van der Waals surface area contributed by atoms with Crippen molar-refractivity contribution >= 4 is 11.8 Å². The van der Waals surface area contributed by atoms with E-state index in [1.54, 1.807) is 0 Å². The summed E-state index contributed by atoms with van der Waals surface area (Å²) in [5.74, 6) is -0.566. The van der Waals surface area contributed by atoms with E-state index in [0.29, 0.717) is 0 Å². The van der Waals surface area contributed by atoms with E-state index in [-0.39, 0.29) is 18.8 Å². The molecule has 0 aliphatic heterocycles. The lowest BCUT2D eigenvalue weighted by atomic mass is 10.0. The fourth-order valence-corrected chi connectivity index (χ4v) is 3.07. The fourth-order valence-electron chi connectivity index (χ4n) is 3.07. The second-order valence-electron chi connectivity index (χ2n) is 7.56. The minimum atomic E-state index is -0.914. The van der Waals surface area contributed by atoms with Gasteiger partial charge in [0.2, 0.25) is 0 Å². The van der Waals surface area contributed by atoms with E-state index in [1.165, 1.54) is 90.0 Å². The van der Waals surface area contributed by atoms with E-state index in [0.717, 1.165) is 12.8 Å². The highest BCUT2D eigenvalue weighted by Crippen LogP contribution is 2.13. The summed E-state index contributed by atoms with van der Waals surface area (Å²) in [6.07, 6.45) is 20.8. The zero-order valence-corrected chi connectivity index (χ0v) is 17.7. The summed E-state index contributed by atoms with van der Waals surface area (Å²) in [5, 5.41) is 9.56. The van der Waals surface area contributed by atoms with Gasteiger partial charge in [0.1, 0.15) is 6.61 Å². The van der Waals surface area contributed by atoms with E-state index in [2.05, 4.69) is 11.7 Å². The number of rotatable bonds is 19. The molecule has 158 valence electrons. The number of carbonyl (C=O) groups is 2. The standard InChI is InChI=1S/C23H42O4/c1-3-4-5-6-7-8-9-10-11-12-13-14-15-16-17-18-22(25)19-23(26)20-27-21(2)24/h17-18,23,26H,3-16,19-20H2,1-2H3. The Balaban J connectivity index is 3.34. The van der Waals surface area contributed by atoms with Crippen LogP contribution in [-0.2, 0) is 14.3 Å². The molecule has 0 radical (unpaired) electrons. The second kappa shape index (κ2) is 19.6. The van der Waals surface area contributed by atoms with Crippen LogP contribution in [-0.4, -0.2) is 29.6 Å². The average molecular weight is 383 g/mol. The monoisotopic (exact) mass is 382 g/mol. The maximum absolute atomic E-state index is 11.6. The Kier molecular flexibility index (Phi) is 18.8. The van der Waals surface area contributed by atoms with Crippen LogP contribution in [0, 0.1) is 0 Å². The number of ketones is 1. The molecule has 0 saturated carbocycles. The third-order valence-corrected chi connectivity index (χ3v) is 4.69. The van der Waals surface area contributed by atoms with Crippen LogP contribution in [0.25, 0.3) is 0 Å². The van der Waals surface area contributed by atoms with Gasteiger partial charge in [-0.25, -0.2) is 0 Å². The molecule has 0 heterocycles. The van der Waals surface area contributed by atoms with Gasteiger partial charge in [-0.3, -0.25) is 9.59 Å². The number of esters is 1. The molecule has 0 aliphatic carbocycles. The normalized spacial score (nSPS) is 12.4. The third-order valence-electron chi connectivity index (χ3n) is 4.69. The molecule has 0 aliphatic rings. The molecule has 0 aromatic carbocycles. The van der Waals surface area contributed by atoms with Crippen LogP contribution >= 0.6 is 0 Å². The van der Waals surface area contributed by atoms with Gasteiger partial charge in [0, 0.05) is 13.3 Å². The van der Waals surface area contributed by atoms with Crippen molar-refractivity contribution in [2.75, 3.05) is 6.61 Å². The quantitative estimate of drug-likeness (QED) is 0.171. The molecule has 1 N–H and O–H groups in total. The number of hydrogen-bond donors (Lipinski definition) is 1. The predicted octanol–water partition coefficient (Wildman–Crippen LogP) is 5.91. The zero-order valence-electron chi connectivity index (χ0n) is 17.7. The molecule has 0 rings (SSSR count). The van der Waals surface area contributed by atoms with Crippen molar-refractivity contribution in [2.45, 2.75) is 116 Å². The lowest BCUT2D eigenvalue weighted by Gasteiger charge is -2.07. The van der Waals surface area contributed by atoms with Crippen LogP contribution in [0.1, 0.15) is 110 Å². The van der Waals surface area contributed by atoms with E-state index >= 15 is 0 Å². The van der Waals surface area contributed by atoms with E-state index in [1.807, 2.05) is 6.08 Å². The Hall–Kier alpha value is -1.16. The first kappa shape index (κ1) is 25.8. The van der Waals surface area contributed by atoms with Crippen molar-refractivity contribution in [3.63, 3.8) is 0 Å². The van der Waals surface area contributed by atoms with Crippen LogP contribution in [0.3, 0.4) is 0 Å². The molecule has 27 heavy (non-hydrogen) atoms. The molecule has 0 aromatic rings. The van der Waals surface area contributed by atoms with E-state index < -0.39 is 12.1 Å². The highest BCUT2D eigenvalue weighted by Gasteiger charge is 2.09. The van der Waals surface area contributed by atoms with Crippen molar-refractivity contribution < 1.29 is 19.4 Å². The molecular formula is C23H42O4. The van der Waals surface area contributed by atoms with Crippen molar-refractivity contribution in [3.8, 4) is 0 Å². The summed E-state index contributed by atoms with van der Waals surface area (Å²) in [5.41, 5.74) is 0. The minimum absolute atomic E-state index is 0.00236. The number of aliphatic hydroxyl groups is 1. The third kappa shape index (κ3) is 21.0.